The molecule has 0 saturated carbocycles. The van der Waals surface area contributed by atoms with E-state index < -0.39 is 37.1 Å². The minimum atomic E-state index is -4.38. The first-order chi connectivity index (χ1) is 6.90. The van der Waals surface area contributed by atoms with Crippen molar-refractivity contribution in [2.24, 2.45) is 17.6 Å². The van der Waals surface area contributed by atoms with Crippen molar-refractivity contribution >= 4 is 5.91 Å². The van der Waals surface area contributed by atoms with Crippen molar-refractivity contribution in [3.63, 3.8) is 0 Å². The molecule has 2 atom stereocenters. The average molecular weight is 226 g/mol. The van der Waals surface area contributed by atoms with Gasteiger partial charge in [0.25, 0.3) is 0 Å². The Labute approximate surface area is 84.8 Å². The fourth-order valence-electron chi connectivity index (χ4n) is 1.76. The largest absolute Gasteiger partial charge is 0.396 e. The van der Waals surface area contributed by atoms with Crippen LogP contribution in [0.3, 0.4) is 0 Å². The molecule has 0 aromatic rings. The van der Waals surface area contributed by atoms with Gasteiger partial charge in [0, 0.05) is 25.6 Å². The summed E-state index contributed by atoms with van der Waals surface area (Å²) in [5.74, 6) is -3.08. The summed E-state index contributed by atoms with van der Waals surface area (Å²) in [7, 11) is 0. The van der Waals surface area contributed by atoms with Crippen molar-refractivity contribution in [2.45, 2.75) is 6.18 Å². The molecule has 0 unspecified atom stereocenters. The molecular formula is C8H13F3N2O2. The highest BCUT2D eigenvalue weighted by Gasteiger charge is 2.50. The van der Waals surface area contributed by atoms with E-state index in [9.17, 15) is 18.0 Å². The van der Waals surface area contributed by atoms with Crippen LogP contribution in [0.1, 0.15) is 0 Å². The van der Waals surface area contributed by atoms with E-state index in [0.29, 0.717) is 0 Å². The van der Waals surface area contributed by atoms with Crippen LogP contribution in [0.15, 0.2) is 0 Å². The van der Waals surface area contributed by atoms with Crippen molar-refractivity contribution in [1.29, 1.82) is 0 Å². The summed E-state index contributed by atoms with van der Waals surface area (Å²) >= 11 is 0. The van der Waals surface area contributed by atoms with E-state index in [1.54, 1.807) is 0 Å². The molecule has 4 nitrogen and oxygen atoms in total. The molecule has 1 amide bonds. The van der Waals surface area contributed by atoms with Crippen LogP contribution < -0.4 is 5.73 Å². The van der Waals surface area contributed by atoms with Gasteiger partial charge in [0.05, 0.1) is 12.5 Å². The molecule has 1 aliphatic rings. The minimum Gasteiger partial charge on any atom is -0.396 e. The van der Waals surface area contributed by atoms with Crippen LogP contribution in [0.5, 0.6) is 0 Å². The standard InChI is InChI=1S/C8H13F3N2O2/c9-8(10,11)6-3-13(7(15)1-12)2-5(6)4-14/h5-6,14H,1-4,12H2/t5-,6-/m0/s1. The van der Waals surface area contributed by atoms with Crippen molar-refractivity contribution in [2.75, 3.05) is 26.2 Å². The van der Waals surface area contributed by atoms with Crippen molar-refractivity contribution in [3.05, 3.63) is 0 Å². The monoisotopic (exact) mass is 226 g/mol. The van der Waals surface area contributed by atoms with Crippen molar-refractivity contribution < 1.29 is 23.1 Å². The van der Waals surface area contributed by atoms with Crippen LogP contribution in [-0.4, -0.2) is 48.3 Å². The Morgan fingerprint density at radius 1 is 1.47 bits per heavy atom. The van der Waals surface area contributed by atoms with Crippen LogP contribution in [0.2, 0.25) is 0 Å². The number of rotatable bonds is 2. The van der Waals surface area contributed by atoms with Gasteiger partial charge in [0.1, 0.15) is 0 Å². The Balaban J connectivity index is 2.71. The Hall–Kier alpha value is -0.820. The number of carbonyl (C=O) groups excluding carboxylic acids is 1. The van der Waals surface area contributed by atoms with Gasteiger partial charge in [-0.15, -0.1) is 0 Å². The third-order valence-electron chi connectivity index (χ3n) is 2.62. The highest BCUT2D eigenvalue weighted by atomic mass is 19.4. The van der Waals surface area contributed by atoms with E-state index in [1.807, 2.05) is 0 Å². The zero-order valence-electron chi connectivity index (χ0n) is 8.00. The SMILES string of the molecule is NCC(=O)N1C[C@@H](CO)[C@@H](C(F)(F)F)C1. The van der Waals surface area contributed by atoms with Crippen LogP contribution in [0.4, 0.5) is 13.2 Å². The van der Waals surface area contributed by atoms with Gasteiger partial charge in [-0.2, -0.15) is 13.2 Å². The summed E-state index contributed by atoms with van der Waals surface area (Å²) in [6.45, 7) is -1.34. The predicted molar refractivity (Wildman–Crippen MR) is 45.8 cm³/mol. The van der Waals surface area contributed by atoms with E-state index in [2.05, 4.69) is 0 Å². The Morgan fingerprint density at radius 3 is 2.40 bits per heavy atom. The number of alkyl halides is 3. The number of carbonyl (C=O) groups is 1. The molecule has 1 aliphatic heterocycles. The van der Waals surface area contributed by atoms with Crippen molar-refractivity contribution in [1.82, 2.24) is 4.90 Å². The highest BCUT2D eigenvalue weighted by Crippen LogP contribution is 2.37. The van der Waals surface area contributed by atoms with Gasteiger partial charge in [-0.25, -0.2) is 0 Å². The summed E-state index contributed by atoms with van der Waals surface area (Å²) in [5.41, 5.74) is 5.06. The predicted octanol–water partition coefficient (Wildman–Crippen LogP) is -0.426. The summed E-state index contributed by atoms with van der Waals surface area (Å²) in [6.07, 6.45) is -4.38. The number of likely N-dealkylation sites (tertiary alicyclic amines) is 1. The normalized spacial score (nSPS) is 27.1. The molecule has 0 aromatic heterocycles. The van der Waals surface area contributed by atoms with Gasteiger partial charge < -0.3 is 15.7 Å². The quantitative estimate of drug-likeness (QED) is 0.671. The molecule has 88 valence electrons. The fraction of sp³-hybridized carbons (Fsp3) is 0.875. The number of halogens is 3. The molecule has 0 aliphatic carbocycles. The van der Waals surface area contributed by atoms with Gasteiger partial charge in [0.2, 0.25) is 5.91 Å². The summed E-state index contributed by atoms with van der Waals surface area (Å²) in [4.78, 5) is 12.2. The van der Waals surface area contributed by atoms with E-state index in [4.69, 9.17) is 10.8 Å². The first-order valence-electron chi connectivity index (χ1n) is 4.55. The number of aliphatic hydroxyl groups is 1. The zero-order chi connectivity index (χ0) is 11.6. The summed E-state index contributed by atoms with van der Waals surface area (Å²) in [5, 5.41) is 8.80. The molecule has 1 fully saturated rings. The Bertz CT molecular complexity index is 245. The highest BCUT2D eigenvalue weighted by molar-refractivity contribution is 5.78. The third-order valence-corrected chi connectivity index (χ3v) is 2.62. The van der Waals surface area contributed by atoms with Gasteiger partial charge in [-0.3, -0.25) is 4.79 Å². The van der Waals surface area contributed by atoms with Crippen LogP contribution in [0, 0.1) is 11.8 Å². The molecule has 7 heteroatoms. The van der Waals surface area contributed by atoms with E-state index in [1.165, 1.54) is 0 Å². The minimum absolute atomic E-state index is 0.0727. The lowest BCUT2D eigenvalue weighted by atomic mass is 9.97. The second-order valence-electron chi connectivity index (χ2n) is 3.59. The zero-order valence-corrected chi connectivity index (χ0v) is 8.00. The molecule has 1 heterocycles. The summed E-state index contributed by atoms with van der Waals surface area (Å²) < 4.78 is 37.4. The van der Waals surface area contributed by atoms with Crippen LogP contribution in [0.25, 0.3) is 0 Å². The molecule has 0 aromatic carbocycles. The molecule has 3 N–H and O–H groups in total. The molecule has 0 bridgehead atoms. The lowest BCUT2D eigenvalue weighted by Gasteiger charge is -2.18. The third kappa shape index (κ3) is 2.60. The first-order valence-corrected chi connectivity index (χ1v) is 4.55. The fourth-order valence-corrected chi connectivity index (χ4v) is 1.76. The van der Waals surface area contributed by atoms with E-state index in [-0.39, 0.29) is 13.1 Å². The Morgan fingerprint density at radius 2 is 2.07 bits per heavy atom. The van der Waals surface area contributed by atoms with E-state index in [0.717, 1.165) is 4.90 Å². The van der Waals surface area contributed by atoms with Gasteiger partial charge in [-0.1, -0.05) is 0 Å². The summed E-state index contributed by atoms with van der Waals surface area (Å²) in [6, 6.07) is 0. The number of hydrogen-bond acceptors (Lipinski definition) is 3. The first kappa shape index (κ1) is 12.3. The topological polar surface area (TPSA) is 66.6 Å². The Kier molecular flexibility index (Phi) is 3.56. The van der Waals surface area contributed by atoms with Crippen LogP contribution >= 0.6 is 0 Å². The molecular weight excluding hydrogens is 213 g/mol. The lowest BCUT2D eigenvalue weighted by Crippen LogP contribution is -2.35. The average Bonchev–Trinajstić information content (AvgIpc) is 2.59. The number of amides is 1. The molecule has 15 heavy (non-hydrogen) atoms. The number of nitrogens with zero attached hydrogens (tertiary/aromatic N) is 1. The number of nitrogens with two attached hydrogens (primary N) is 1. The van der Waals surface area contributed by atoms with Gasteiger partial charge in [-0.05, 0) is 0 Å². The molecule has 0 spiro atoms. The molecule has 1 saturated heterocycles. The van der Waals surface area contributed by atoms with Gasteiger partial charge in [0.15, 0.2) is 0 Å². The molecule has 1 rings (SSSR count). The van der Waals surface area contributed by atoms with E-state index >= 15 is 0 Å². The maximum Gasteiger partial charge on any atom is 0.393 e. The maximum absolute atomic E-state index is 12.5. The molecule has 0 radical (unpaired) electrons. The number of aliphatic hydroxyl groups excluding tert-OH is 1. The maximum atomic E-state index is 12.5. The van der Waals surface area contributed by atoms with Crippen LogP contribution in [-0.2, 0) is 4.79 Å². The smallest absolute Gasteiger partial charge is 0.393 e. The number of hydrogen-bond donors (Lipinski definition) is 2. The van der Waals surface area contributed by atoms with Crippen molar-refractivity contribution in [3.8, 4) is 0 Å². The van der Waals surface area contributed by atoms with Gasteiger partial charge >= 0.3 is 6.18 Å². The second kappa shape index (κ2) is 4.36. The second-order valence-corrected chi connectivity index (χ2v) is 3.59. The lowest BCUT2D eigenvalue weighted by molar-refractivity contribution is -0.183.